The summed E-state index contributed by atoms with van der Waals surface area (Å²) in [6.07, 6.45) is 0. The average Bonchev–Trinajstić information content (AvgIpc) is 2.84. The van der Waals surface area contributed by atoms with Crippen molar-refractivity contribution in [2.45, 2.75) is 10.8 Å². The Labute approximate surface area is 142 Å². The summed E-state index contributed by atoms with van der Waals surface area (Å²) in [6.45, 7) is 0. The summed E-state index contributed by atoms with van der Waals surface area (Å²) in [5.74, 6) is -2.06. The molecular formula is C18H11NO5S. The summed E-state index contributed by atoms with van der Waals surface area (Å²) in [5, 5.41) is 0.226. The lowest BCUT2D eigenvalue weighted by Crippen LogP contribution is -2.15. The van der Waals surface area contributed by atoms with Crippen molar-refractivity contribution >= 4 is 32.6 Å². The zero-order chi connectivity index (χ0) is 17.8. The van der Waals surface area contributed by atoms with Crippen LogP contribution in [0, 0.1) is 0 Å². The summed E-state index contributed by atoms with van der Waals surface area (Å²) in [4.78, 5) is 29.2. The quantitative estimate of drug-likeness (QED) is 0.561. The van der Waals surface area contributed by atoms with Gasteiger partial charge in [0.25, 0.3) is 10.1 Å². The number of hydrogen-bond donors (Lipinski definition) is 1. The third kappa shape index (κ3) is 2.36. The lowest BCUT2D eigenvalue weighted by molar-refractivity contribution is 0.0888. The minimum absolute atomic E-state index is 0.0116. The van der Waals surface area contributed by atoms with Gasteiger partial charge in [0.2, 0.25) is 0 Å². The normalized spacial score (nSPS) is 14.9. The standard InChI is InChI=1S/C18H11NO5S/c20-17-10-5-1-2-6-11(10)18(21)16(17)14-9-15(25(22,23)24)12-7-3-4-8-13(12)19-14/h1-9,16H,(H,22,23,24). The van der Waals surface area contributed by atoms with Crippen LogP contribution in [-0.2, 0) is 10.1 Å². The van der Waals surface area contributed by atoms with Crippen LogP contribution >= 0.6 is 0 Å². The number of carbonyl (C=O) groups is 2. The molecule has 0 bridgehead atoms. The minimum Gasteiger partial charge on any atom is -0.293 e. The highest BCUT2D eigenvalue weighted by atomic mass is 32.2. The molecule has 1 N–H and O–H groups in total. The number of fused-ring (bicyclic) bond motifs is 2. The van der Waals surface area contributed by atoms with Crippen LogP contribution in [0.5, 0.6) is 0 Å². The van der Waals surface area contributed by atoms with E-state index in [1.54, 1.807) is 42.5 Å². The molecule has 25 heavy (non-hydrogen) atoms. The molecule has 7 heteroatoms. The second-order valence-electron chi connectivity index (χ2n) is 5.74. The van der Waals surface area contributed by atoms with Gasteiger partial charge in [-0.15, -0.1) is 0 Å². The summed E-state index contributed by atoms with van der Waals surface area (Å²) in [7, 11) is -4.55. The van der Waals surface area contributed by atoms with Crippen LogP contribution in [0.2, 0.25) is 0 Å². The first-order valence-corrected chi connectivity index (χ1v) is 8.86. The van der Waals surface area contributed by atoms with Crippen molar-refractivity contribution in [3.63, 3.8) is 0 Å². The molecule has 0 saturated carbocycles. The monoisotopic (exact) mass is 353 g/mol. The number of rotatable bonds is 2. The lowest BCUT2D eigenvalue weighted by Gasteiger charge is -2.11. The lowest BCUT2D eigenvalue weighted by atomic mass is 9.98. The number of ketones is 2. The molecule has 0 amide bonds. The van der Waals surface area contributed by atoms with Crippen LogP contribution < -0.4 is 0 Å². The smallest absolute Gasteiger partial charge is 0.293 e. The van der Waals surface area contributed by atoms with E-state index in [0.29, 0.717) is 11.1 Å². The Morgan fingerprint density at radius 3 is 2.04 bits per heavy atom. The fourth-order valence-corrected chi connectivity index (χ4v) is 3.86. The van der Waals surface area contributed by atoms with E-state index in [9.17, 15) is 22.6 Å². The minimum atomic E-state index is -4.55. The van der Waals surface area contributed by atoms with Gasteiger partial charge in [0.05, 0.1) is 11.2 Å². The second-order valence-corrected chi connectivity index (χ2v) is 7.13. The predicted octanol–water partition coefficient (Wildman–Crippen LogP) is 2.64. The summed E-state index contributed by atoms with van der Waals surface area (Å²) >= 11 is 0. The molecular weight excluding hydrogens is 342 g/mol. The molecule has 3 aromatic rings. The molecule has 1 aliphatic rings. The first-order valence-electron chi connectivity index (χ1n) is 7.42. The van der Waals surface area contributed by atoms with Gasteiger partial charge < -0.3 is 0 Å². The summed E-state index contributed by atoms with van der Waals surface area (Å²) < 4.78 is 33.0. The highest BCUT2D eigenvalue weighted by Gasteiger charge is 2.40. The Kier molecular flexibility index (Phi) is 3.31. The van der Waals surface area contributed by atoms with Crippen molar-refractivity contribution < 1.29 is 22.6 Å². The maximum atomic E-state index is 12.6. The third-order valence-electron chi connectivity index (χ3n) is 4.25. The number of pyridine rings is 1. The Bertz CT molecular complexity index is 1130. The highest BCUT2D eigenvalue weighted by molar-refractivity contribution is 7.86. The number of hydrogen-bond acceptors (Lipinski definition) is 5. The summed E-state index contributed by atoms with van der Waals surface area (Å²) in [5.41, 5.74) is 0.878. The van der Waals surface area contributed by atoms with Gasteiger partial charge >= 0.3 is 0 Å². The average molecular weight is 353 g/mol. The van der Waals surface area contributed by atoms with Crippen molar-refractivity contribution in [1.29, 1.82) is 0 Å². The Morgan fingerprint density at radius 1 is 0.880 bits per heavy atom. The Balaban J connectivity index is 1.98. The number of para-hydroxylation sites is 1. The fraction of sp³-hybridized carbons (Fsp3) is 0.0556. The topological polar surface area (TPSA) is 101 Å². The van der Waals surface area contributed by atoms with E-state index in [2.05, 4.69) is 4.98 Å². The van der Waals surface area contributed by atoms with E-state index in [4.69, 9.17) is 0 Å². The van der Waals surface area contributed by atoms with Crippen LogP contribution in [0.4, 0.5) is 0 Å². The van der Waals surface area contributed by atoms with E-state index < -0.39 is 27.6 Å². The van der Waals surface area contributed by atoms with Gasteiger partial charge in [-0.05, 0) is 12.1 Å². The van der Waals surface area contributed by atoms with Gasteiger partial charge in [-0.1, -0.05) is 42.5 Å². The van der Waals surface area contributed by atoms with Crippen molar-refractivity contribution in [1.82, 2.24) is 4.98 Å². The van der Waals surface area contributed by atoms with Gasteiger partial charge in [-0.25, -0.2) is 0 Å². The molecule has 0 unspecified atom stereocenters. The summed E-state index contributed by atoms with van der Waals surface area (Å²) in [6, 6.07) is 13.9. The van der Waals surface area contributed by atoms with Crippen LogP contribution in [0.3, 0.4) is 0 Å². The van der Waals surface area contributed by atoms with Crippen molar-refractivity contribution in [3.8, 4) is 0 Å². The van der Waals surface area contributed by atoms with Crippen molar-refractivity contribution in [3.05, 3.63) is 71.4 Å². The highest BCUT2D eigenvalue weighted by Crippen LogP contribution is 2.35. The van der Waals surface area contributed by atoms with Gasteiger partial charge in [0.1, 0.15) is 10.8 Å². The number of carbonyl (C=O) groups excluding carboxylic acids is 2. The Morgan fingerprint density at radius 2 is 1.44 bits per heavy atom. The fourth-order valence-electron chi connectivity index (χ4n) is 3.14. The molecule has 6 nitrogen and oxygen atoms in total. The number of aromatic nitrogens is 1. The molecule has 124 valence electrons. The Hall–Kier alpha value is -2.90. The van der Waals surface area contributed by atoms with Gasteiger partial charge in [-0.2, -0.15) is 8.42 Å². The maximum absolute atomic E-state index is 12.6. The van der Waals surface area contributed by atoms with Crippen LogP contribution in [0.15, 0.2) is 59.5 Å². The molecule has 1 aliphatic carbocycles. The van der Waals surface area contributed by atoms with Crippen molar-refractivity contribution in [2.75, 3.05) is 0 Å². The zero-order valence-corrected chi connectivity index (χ0v) is 13.5. The first kappa shape index (κ1) is 15.6. The molecule has 0 radical (unpaired) electrons. The van der Waals surface area contributed by atoms with E-state index in [0.717, 1.165) is 6.07 Å². The van der Waals surface area contributed by atoms with E-state index in [1.807, 2.05) is 0 Å². The molecule has 0 saturated heterocycles. The van der Waals surface area contributed by atoms with E-state index >= 15 is 0 Å². The second kappa shape index (κ2) is 5.30. The van der Waals surface area contributed by atoms with Gasteiger partial charge in [0, 0.05) is 16.5 Å². The maximum Gasteiger partial charge on any atom is 0.295 e. The molecule has 1 heterocycles. The first-order chi connectivity index (χ1) is 11.9. The van der Waals surface area contributed by atoms with Crippen LogP contribution in [-0.4, -0.2) is 29.5 Å². The van der Waals surface area contributed by atoms with Gasteiger partial charge in [-0.3, -0.25) is 19.1 Å². The molecule has 0 spiro atoms. The van der Waals surface area contributed by atoms with Gasteiger partial charge in [0.15, 0.2) is 11.6 Å². The molecule has 0 fully saturated rings. The zero-order valence-electron chi connectivity index (χ0n) is 12.7. The van der Waals surface area contributed by atoms with E-state index in [1.165, 1.54) is 6.07 Å². The number of Topliss-reactive ketones (excluding diaryl/α,β-unsaturated/α-hetero) is 2. The molecule has 2 aromatic carbocycles. The van der Waals surface area contributed by atoms with E-state index in [-0.39, 0.29) is 21.5 Å². The SMILES string of the molecule is O=C1c2ccccc2C(=O)C1c1cc(S(=O)(=O)O)c2ccccc2n1. The molecule has 1 aromatic heterocycles. The third-order valence-corrected chi connectivity index (χ3v) is 5.15. The largest absolute Gasteiger partial charge is 0.295 e. The van der Waals surface area contributed by atoms with Crippen molar-refractivity contribution in [2.24, 2.45) is 0 Å². The number of benzene rings is 2. The molecule has 4 rings (SSSR count). The number of nitrogens with zero attached hydrogens (tertiary/aromatic N) is 1. The molecule has 0 atom stereocenters. The van der Waals surface area contributed by atoms with Crippen LogP contribution in [0.1, 0.15) is 32.3 Å². The van der Waals surface area contributed by atoms with Crippen LogP contribution in [0.25, 0.3) is 10.9 Å². The molecule has 0 aliphatic heterocycles. The predicted molar refractivity (Wildman–Crippen MR) is 89.4 cm³/mol.